The number of thiazole rings is 1. The van der Waals surface area contributed by atoms with Gasteiger partial charge in [-0.05, 0) is 12.0 Å². The molecule has 6 heteroatoms. The van der Waals surface area contributed by atoms with Crippen molar-refractivity contribution >= 4 is 34.0 Å². The maximum Gasteiger partial charge on any atom is 0.349 e. The van der Waals surface area contributed by atoms with Crippen LogP contribution in [0, 0.1) is 0 Å². The van der Waals surface area contributed by atoms with Crippen molar-refractivity contribution in [2.45, 2.75) is 12.3 Å². The number of anilines is 1. The number of rotatable bonds is 3. The Bertz CT molecular complexity index is 629. The molecule has 0 bridgehead atoms. The SMILES string of the molecule is O=C(O)c1sc(N2CCC(c3ccccc3)C2)nc1Cl. The van der Waals surface area contributed by atoms with Gasteiger partial charge in [-0.1, -0.05) is 53.3 Å². The molecule has 1 aromatic carbocycles. The summed E-state index contributed by atoms with van der Waals surface area (Å²) < 4.78 is 0. The third-order valence-electron chi connectivity index (χ3n) is 3.50. The summed E-state index contributed by atoms with van der Waals surface area (Å²) in [6, 6.07) is 10.4. The molecule has 4 nitrogen and oxygen atoms in total. The Morgan fingerprint density at radius 1 is 1.40 bits per heavy atom. The number of benzene rings is 1. The zero-order valence-corrected chi connectivity index (χ0v) is 12.2. The van der Waals surface area contributed by atoms with Gasteiger partial charge in [-0.25, -0.2) is 9.78 Å². The molecule has 1 N–H and O–H groups in total. The summed E-state index contributed by atoms with van der Waals surface area (Å²) in [4.78, 5) is 17.4. The summed E-state index contributed by atoms with van der Waals surface area (Å²) in [6.45, 7) is 1.73. The van der Waals surface area contributed by atoms with E-state index in [9.17, 15) is 4.79 Å². The highest BCUT2D eigenvalue weighted by Crippen LogP contribution is 2.35. The third-order valence-corrected chi connectivity index (χ3v) is 4.99. The predicted molar refractivity (Wildman–Crippen MR) is 80.1 cm³/mol. The van der Waals surface area contributed by atoms with Crippen molar-refractivity contribution in [1.82, 2.24) is 4.98 Å². The van der Waals surface area contributed by atoms with Gasteiger partial charge in [0, 0.05) is 19.0 Å². The summed E-state index contributed by atoms with van der Waals surface area (Å²) in [5.74, 6) is -0.551. The second kappa shape index (κ2) is 5.42. The number of halogens is 1. The normalized spacial score (nSPS) is 18.4. The first kappa shape index (κ1) is 13.4. The molecule has 0 aliphatic carbocycles. The van der Waals surface area contributed by atoms with E-state index in [4.69, 9.17) is 16.7 Å². The van der Waals surface area contributed by atoms with Gasteiger partial charge in [-0.15, -0.1) is 0 Å². The first-order valence-corrected chi connectivity index (χ1v) is 7.54. The molecule has 1 aliphatic rings. The minimum atomic E-state index is -1.02. The van der Waals surface area contributed by atoms with Gasteiger partial charge in [0.1, 0.15) is 0 Å². The Kier molecular flexibility index (Phi) is 3.63. The minimum Gasteiger partial charge on any atom is -0.477 e. The van der Waals surface area contributed by atoms with E-state index in [1.807, 2.05) is 18.2 Å². The second-order valence-corrected chi connectivity index (χ2v) is 6.10. The fraction of sp³-hybridized carbons (Fsp3) is 0.286. The summed E-state index contributed by atoms with van der Waals surface area (Å²) in [5.41, 5.74) is 1.32. The van der Waals surface area contributed by atoms with Crippen LogP contribution in [0.4, 0.5) is 5.13 Å². The van der Waals surface area contributed by atoms with Gasteiger partial charge in [0.05, 0.1) is 0 Å². The molecule has 2 aromatic rings. The fourth-order valence-electron chi connectivity index (χ4n) is 2.49. The summed E-state index contributed by atoms with van der Waals surface area (Å²) in [6.07, 6.45) is 1.05. The van der Waals surface area contributed by atoms with Crippen molar-refractivity contribution in [2.24, 2.45) is 0 Å². The highest BCUT2D eigenvalue weighted by Gasteiger charge is 2.27. The van der Waals surface area contributed by atoms with E-state index in [1.165, 1.54) is 5.56 Å². The molecule has 2 heterocycles. The molecule has 104 valence electrons. The lowest BCUT2D eigenvalue weighted by atomic mass is 9.99. The number of hydrogen-bond donors (Lipinski definition) is 1. The first-order valence-electron chi connectivity index (χ1n) is 6.34. The van der Waals surface area contributed by atoms with E-state index in [0.29, 0.717) is 11.0 Å². The Balaban J connectivity index is 1.77. The van der Waals surface area contributed by atoms with E-state index >= 15 is 0 Å². The van der Waals surface area contributed by atoms with Crippen molar-refractivity contribution in [3.05, 3.63) is 45.9 Å². The average molecular weight is 309 g/mol. The molecule has 0 saturated carbocycles. The highest BCUT2D eigenvalue weighted by molar-refractivity contribution is 7.18. The van der Waals surface area contributed by atoms with Crippen LogP contribution in [0.1, 0.15) is 27.6 Å². The van der Waals surface area contributed by atoms with Crippen molar-refractivity contribution in [2.75, 3.05) is 18.0 Å². The van der Waals surface area contributed by atoms with Gasteiger partial charge < -0.3 is 10.0 Å². The van der Waals surface area contributed by atoms with Crippen LogP contribution in [-0.4, -0.2) is 29.1 Å². The number of carboxylic acids is 1. The maximum absolute atomic E-state index is 11.0. The topological polar surface area (TPSA) is 53.4 Å². The number of aromatic nitrogens is 1. The molecule has 0 radical (unpaired) electrons. The van der Waals surface area contributed by atoms with E-state index in [1.54, 1.807) is 0 Å². The lowest BCUT2D eigenvalue weighted by Crippen LogP contribution is -2.18. The van der Waals surface area contributed by atoms with Crippen molar-refractivity contribution in [1.29, 1.82) is 0 Å². The number of carbonyl (C=O) groups is 1. The lowest BCUT2D eigenvalue weighted by Gasteiger charge is -2.14. The summed E-state index contributed by atoms with van der Waals surface area (Å²) >= 11 is 7.01. The van der Waals surface area contributed by atoms with E-state index in [2.05, 4.69) is 22.0 Å². The molecule has 3 rings (SSSR count). The van der Waals surface area contributed by atoms with Crippen LogP contribution in [0.15, 0.2) is 30.3 Å². The maximum atomic E-state index is 11.0. The number of aromatic carboxylic acids is 1. The van der Waals surface area contributed by atoms with Crippen LogP contribution >= 0.6 is 22.9 Å². The van der Waals surface area contributed by atoms with Crippen LogP contribution in [0.3, 0.4) is 0 Å². The highest BCUT2D eigenvalue weighted by atomic mass is 35.5. The number of carboxylic acid groups (broad SMARTS) is 1. The van der Waals surface area contributed by atoms with Crippen LogP contribution in [0.5, 0.6) is 0 Å². The van der Waals surface area contributed by atoms with Crippen molar-refractivity contribution < 1.29 is 9.90 Å². The quantitative estimate of drug-likeness (QED) is 0.943. The Hall–Kier alpha value is -1.59. The smallest absolute Gasteiger partial charge is 0.349 e. The van der Waals surface area contributed by atoms with Gasteiger partial charge in [0.15, 0.2) is 15.2 Å². The first-order chi connectivity index (χ1) is 9.65. The molecule has 1 saturated heterocycles. The Morgan fingerprint density at radius 3 is 2.80 bits per heavy atom. The number of nitrogens with zero attached hydrogens (tertiary/aromatic N) is 2. The van der Waals surface area contributed by atoms with Crippen LogP contribution in [0.2, 0.25) is 5.15 Å². The molecule has 0 amide bonds. The van der Waals surface area contributed by atoms with Gasteiger partial charge >= 0.3 is 5.97 Å². The molecule has 20 heavy (non-hydrogen) atoms. The van der Waals surface area contributed by atoms with Crippen LogP contribution in [0.25, 0.3) is 0 Å². The van der Waals surface area contributed by atoms with Gasteiger partial charge in [0.2, 0.25) is 0 Å². The lowest BCUT2D eigenvalue weighted by molar-refractivity contribution is 0.0702. The van der Waals surface area contributed by atoms with Crippen molar-refractivity contribution in [3.8, 4) is 0 Å². The standard InChI is InChI=1S/C14H13ClN2O2S/c15-12-11(13(18)19)20-14(16-12)17-7-6-10(8-17)9-4-2-1-3-5-9/h1-5,10H,6-8H2,(H,18,19). The molecule has 1 aromatic heterocycles. The molecule has 1 aliphatic heterocycles. The average Bonchev–Trinajstić information content (AvgIpc) is 3.06. The minimum absolute atomic E-state index is 0.0839. The molecule has 1 fully saturated rings. The molecular weight excluding hydrogens is 296 g/mol. The van der Waals surface area contributed by atoms with Crippen molar-refractivity contribution in [3.63, 3.8) is 0 Å². The Morgan fingerprint density at radius 2 is 2.15 bits per heavy atom. The monoisotopic (exact) mass is 308 g/mol. The van der Waals surface area contributed by atoms with Gasteiger partial charge in [0.25, 0.3) is 0 Å². The summed E-state index contributed by atoms with van der Waals surface area (Å²) in [7, 11) is 0. The van der Waals surface area contributed by atoms with E-state index in [0.717, 1.165) is 30.8 Å². The predicted octanol–water partition coefficient (Wildman–Crippen LogP) is 3.49. The van der Waals surface area contributed by atoms with Gasteiger partial charge in [-0.3, -0.25) is 0 Å². The second-order valence-electron chi connectivity index (χ2n) is 4.76. The van der Waals surface area contributed by atoms with Crippen LogP contribution in [-0.2, 0) is 0 Å². The summed E-state index contributed by atoms with van der Waals surface area (Å²) in [5, 5.41) is 9.80. The molecule has 0 spiro atoms. The zero-order valence-electron chi connectivity index (χ0n) is 10.6. The molecule has 1 unspecified atom stereocenters. The Labute approximate surface area is 125 Å². The van der Waals surface area contributed by atoms with Crippen LogP contribution < -0.4 is 4.90 Å². The molecule has 1 atom stereocenters. The van der Waals surface area contributed by atoms with E-state index in [-0.39, 0.29) is 10.0 Å². The fourth-order valence-corrected chi connectivity index (χ4v) is 3.65. The zero-order chi connectivity index (χ0) is 14.1. The number of hydrogen-bond acceptors (Lipinski definition) is 4. The third kappa shape index (κ3) is 2.51. The van der Waals surface area contributed by atoms with Gasteiger partial charge in [-0.2, -0.15) is 0 Å². The molecular formula is C14H13ClN2O2S. The van der Waals surface area contributed by atoms with E-state index < -0.39 is 5.97 Å². The largest absolute Gasteiger partial charge is 0.477 e.